The molecule has 29 heavy (non-hydrogen) atoms. The zero-order valence-corrected chi connectivity index (χ0v) is 15.8. The highest BCUT2D eigenvalue weighted by Gasteiger charge is 2.16. The van der Waals surface area contributed by atoms with E-state index < -0.39 is 0 Å². The predicted molar refractivity (Wildman–Crippen MR) is 108 cm³/mol. The maximum absolute atomic E-state index is 12.6. The van der Waals surface area contributed by atoms with E-state index in [4.69, 9.17) is 25.5 Å². The van der Waals surface area contributed by atoms with Crippen LogP contribution in [0.25, 0.3) is 22.7 Å². The van der Waals surface area contributed by atoms with Crippen LogP contribution in [0.2, 0.25) is 5.02 Å². The lowest BCUT2D eigenvalue weighted by atomic mass is 10.1. The molecule has 0 spiro atoms. The Bertz CT molecular complexity index is 1200. The van der Waals surface area contributed by atoms with Crippen LogP contribution in [0.4, 0.5) is 5.69 Å². The standard InChI is InChI=1S/C21H14ClN3O4/c22-15-11-13(4-5-14(15)21-25-19-17(29-21)2-1-7-23-19)24-20(26)12-3-6-16-18(10-12)28-9-8-27-16/h1-7,10-11H,8-9H2,(H,24,26). The highest BCUT2D eigenvalue weighted by atomic mass is 35.5. The molecule has 8 heteroatoms. The van der Waals surface area contributed by atoms with E-state index in [0.29, 0.717) is 63.7 Å². The van der Waals surface area contributed by atoms with E-state index in [9.17, 15) is 4.79 Å². The first-order valence-electron chi connectivity index (χ1n) is 8.90. The lowest BCUT2D eigenvalue weighted by molar-refractivity contribution is 0.102. The fourth-order valence-corrected chi connectivity index (χ4v) is 3.30. The number of aromatic nitrogens is 2. The van der Waals surface area contributed by atoms with Gasteiger partial charge in [-0.2, -0.15) is 4.98 Å². The molecule has 5 rings (SSSR count). The van der Waals surface area contributed by atoms with Gasteiger partial charge in [-0.1, -0.05) is 11.6 Å². The number of fused-ring (bicyclic) bond motifs is 2. The van der Waals surface area contributed by atoms with Gasteiger partial charge in [0.1, 0.15) is 13.2 Å². The molecule has 4 aromatic rings. The summed E-state index contributed by atoms with van der Waals surface area (Å²) in [5, 5.41) is 3.23. The molecule has 0 unspecified atom stereocenters. The summed E-state index contributed by atoms with van der Waals surface area (Å²) in [6.07, 6.45) is 1.65. The fourth-order valence-electron chi connectivity index (χ4n) is 3.04. The lowest BCUT2D eigenvalue weighted by Crippen LogP contribution is -2.17. The average molecular weight is 408 g/mol. The second-order valence-corrected chi connectivity index (χ2v) is 6.76. The van der Waals surface area contributed by atoms with Crippen molar-refractivity contribution in [2.24, 2.45) is 0 Å². The van der Waals surface area contributed by atoms with Crippen molar-refractivity contribution >= 4 is 34.4 Å². The molecule has 7 nitrogen and oxygen atoms in total. The second kappa shape index (κ2) is 7.10. The monoisotopic (exact) mass is 407 g/mol. The van der Waals surface area contributed by atoms with Gasteiger partial charge in [-0.3, -0.25) is 4.79 Å². The Balaban J connectivity index is 1.38. The summed E-state index contributed by atoms with van der Waals surface area (Å²) < 4.78 is 16.7. The van der Waals surface area contributed by atoms with E-state index in [1.807, 2.05) is 0 Å². The summed E-state index contributed by atoms with van der Waals surface area (Å²) in [6.45, 7) is 0.958. The highest BCUT2D eigenvalue weighted by molar-refractivity contribution is 6.33. The molecule has 0 saturated heterocycles. The summed E-state index contributed by atoms with van der Waals surface area (Å²) in [6, 6.07) is 13.8. The number of ether oxygens (including phenoxy) is 2. The summed E-state index contributed by atoms with van der Waals surface area (Å²) in [5.41, 5.74) is 2.71. The Kier molecular flexibility index (Phi) is 4.29. The van der Waals surface area contributed by atoms with Crippen LogP contribution in [0, 0.1) is 0 Å². The minimum absolute atomic E-state index is 0.281. The zero-order valence-electron chi connectivity index (χ0n) is 15.0. The van der Waals surface area contributed by atoms with Crippen molar-refractivity contribution in [1.29, 1.82) is 0 Å². The first-order valence-corrected chi connectivity index (χ1v) is 9.28. The maximum atomic E-state index is 12.6. The number of pyridine rings is 1. The molecule has 1 N–H and O–H groups in total. The Hall–Kier alpha value is -3.58. The topological polar surface area (TPSA) is 86.5 Å². The van der Waals surface area contributed by atoms with Gasteiger partial charge in [-0.25, -0.2) is 4.98 Å². The average Bonchev–Trinajstić information content (AvgIpc) is 3.17. The summed E-state index contributed by atoms with van der Waals surface area (Å²) >= 11 is 6.41. The number of hydrogen-bond acceptors (Lipinski definition) is 6. The number of benzene rings is 2. The van der Waals surface area contributed by atoms with Crippen LogP contribution in [-0.4, -0.2) is 29.1 Å². The van der Waals surface area contributed by atoms with Gasteiger partial charge in [0.2, 0.25) is 5.89 Å². The van der Waals surface area contributed by atoms with Crippen molar-refractivity contribution in [3.63, 3.8) is 0 Å². The van der Waals surface area contributed by atoms with E-state index in [1.165, 1.54) is 0 Å². The molecule has 0 saturated carbocycles. The number of hydrogen-bond donors (Lipinski definition) is 1. The van der Waals surface area contributed by atoms with Gasteiger partial charge in [-0.05, 0) is 48.5 Å². The van der Waals surface area contributed by atoms with Crippen LogP contribution in [0.1, 0.15) is 10.4 Å². The third-order valence-corrected chi connectivity index (χ3v) is 4.74. The van der Waals surface area contributed by atoms with Crippen molar-refractivity contribution in [3.05, 3.63) is 65.3 Å². The van der Waals surface area contributed by atoms with E-state index in [0.717, 1.165) is 0 Å². The minimum Gasteiger partial charge on any atom is -0.486 e. The van der Waals surface area contributed by atoms with Gasteiger partial charge >= 0.3 is 0 Å². The van der Waals surface area contributed by atoms with E-state index >= 15 is 0 Å². The summed E-state index contributed by atoms with van der Waals surface area (Å²) in [4.78, 5) is 21.1. The Morgan fingerprint density at radius 1 is 1.03 bits per heavy atom. The van der Waals surface area contributed by atoms with Gasteiger partial charge in [-0.15, -0.1) is 0 Å². The molecule has 0 fully saturated rings. The second-order valence-electron chi connectivity index (χ2n) is 6.35. The number of carbonyl (C=O) groups excluding carboxylic acids is 1. The number of amides is 1. The number of carbonyl (C=O) groups is 1. The van der Waals surface area contributed by atoms with Gasteiger partial charge in [0.15, 0.2) is 22.7 Å². The first-order chi connectivity index (χ1) is 14.2. The third-order valence-electron chi connectivity index (χ3n) is 4.43. The Morgan fingerprint density at radius 3 is 2.72 bits per heavy atom. The molecule has 3 heterocycles. The van der Waals surface area contributed by atoms with Gasteiger partial charge in [0.25, 0.3) is 5.91 Å². The number of anilines is 1. The smallest absolute Gasteiger partial charge is 0.255 e. The number of nitrogens with zero attached hydrogens (tertiary/aromatic N) is 2. The molecule has 1 aliphatic rings. The van der Waals surface area contributed by atoms with E-state index in [2.05, 4.69) is 15.3 Å². The van der Waals surface area contributed by atoms with Crippen LogP contribution < -0.4 is 14.8 Å². The third kappa shape index (κ3) is 3.36. The first kappa shape index (κ1) is 17.5. The van der Waals surface area contributed by atoms with Crippen molar-refractivity contribution in [2.75, 3.05) is 18.5 Å². The van der Waals surface area contributed by atoms with Crippen LogP contribution in [-0.2, 0) is 0 Å². The largest absolute Gasteiger partial charge is 0.486 e. The van der Waals surface area contributed by atoms with Gasteiger partial charge < -0.3 is 19.2 Å². The van der Waals surface area contributed by atoms with Gasteiger partial charge in [0, 0.05) is 17.4 Å². The number of nitrogens with one attached hydrogen (secondary N) is 1. The van der Waals surface area contributed by atoms with Crippen LogP contribution >= 0.6 is 11.6 Å². The normalized spacial score (nSPS) is 12.7. The maximum Gasteiger partial charge on any atom is 0.255 e. The molecule has 0 atom stereocenters. The molecule has 1 aliphatic heterocycles. The molecule has 2 aromatic carbocycles. The molecule has 0 aliphatic carbocycles. The van der Waals surface area contributed by atoms with E-state index in [-0.39, 0.29) is 5.91 Å². The molecule has 0 radical (unpaired) electrons. The molecule has 144 valence electrons. The van der Waals surface area contributed by atoms with Gasteiger partial charge in [0.05, 0.1) is 10.6 Å². The molecular formula is C21H14ClN3O4. The SMILES string of the molecule is O=C(Nc1ccc(-c2nc3ncccc3o2)c(Cl)c1)c1ccc2c(c1)OCCO2. The van der Waals surface area contributed by atoms with Crippen LogP contribution in [0.5, 0.6) is 11.5 Å². The Morgan fingerprint density at radius 2 is 1.90 bits per heavy atom. The number of rotatable bonds is 3. The van der Waals surface area contributed by atoms with Crippen LogP contribution in [0.15, 0.2) is 59.1 Å². The zero-order chi connectivity index (χ0) is 19.8. The highest BCUT2D eigenvalue weighted by Crippen LogP contribution is 2.33. The quantitative estimate of drug-likeness (QED) is 0.535. The summed E-state index contributed by atoms with van der Waals surface area (Å²) in [5.74, 6) is 1.28. The summed E-state index contributed by atoms with van der Waals surface area (Å²) in [7, 11) is 0. The van der Waals surface area contributed by atoms with Crippen molar-refractivity contribution in [1.82, 2.24) is 9.97 Å². The van der Waals surface area contributed by atoms with E-state index in [1.54, 1.807) is 54.7 Å². The molecule has 2 aromatic heterocycles. The minimum atomic E-state index is -0.281. The Labute approximate surface area is 170 Å². The predicted octanol–water partition coefficient (Wildman–Crippen LogP) is 4.57. The molecular weight excluding hydrogens is 394 g/mol. The molecule has 1 amide bonds. The molecule has 0 bridgehead atoms. The number of oxazole rings is 1. The lowest BCUT2D eigenvalue weighted by Gasteiger charge is -2.18. The van der Waals surface area contributed by atoms with Crippen molar-refractivity contribution < 1.29 is 18.7 Å². The fraction of sp³-hybridized carbons (Fsp3) is 0.0952. The van der Waals surface area contributed by atoms with Crippen LogP contribution in [0.3, 0.4) is 0 Å². The number of halogens is 1. The van der Waals surface area contributed by atoms with Crippen molar-refractivity contribution in [2.45, 2.75) is 0 Å². The van der Waals surface area contributed by atoms with Crippen molar-refractivity contribution in [3.8, 4) is 23.0 Å².